The molecule has 0 unspecified atom stereocenters. The molecule has 6 heteroatoms. The first-order valence-electron chi connectivity index (χ1n) is 5.27. The molecule has 18 heavy (non-hydrogen) atoms. The van der Waals surface area contributed by atoms with Crippen LogP contribution in [0.3, 0.4) is 0 Å². The summed E-state index contributed by atoms with van der Waals surface area (Å²) in [4.78, 5) is 0. The molecular weight excluding hydrogens is 273 g/mol. The predicted octanol–water partition coefficient (Wildman–Crippen LogP) is 2.32. The lowest BCUT2D eigenvalue weighted by atomic mass is 10.1. The van der Waals surface area contributed by atoms with Crippen LogP contribution in [0.1, 0.15) is 11.1 Å². The van der Waals surface area contributed by atoms with Crippen molar-refractivity contribution < 1.29 is 12.8 Å². The third-order valence-electron chi connectivity index (χ3n) is 2.53. The molecule has 0 bridgehead atoms. The minimum absolute atomic E-state index is 0.0543. The van der Waals surface area contributed by atoms with Crippen molar-refractivity contribution in [2.75, 3.05) is 0 Å². The molecule has 0 aliphatic rings. The van der Waals surface area contributed by atoms with E-state index in [0.29, 0.717) is 5.56 Å². The summed E-state index contributed by atoms with van der Waals surface area (Å²) in [5.74, 6) is -0.868. The Labute approximate surface area is 109 Å². The van der Waals surface area contributed by atoms with E-state index < -0.39 is 15.7 Å². The lowest BCUT2D eigenvalue weighted by Crippen LogP contribution is -2.08. The molecule has 0 amide bonds. The highest BCUT2D eigenvalue weighted by Crippen LogP contribution is 2.23. The molecule has 3 nitrogen and oxygen atoms in total. The van der Waals surface area contributed by atoms with Gasteiger partial charge in [-0.05, 0) is 11.4 Å². The summed E-state index contributed by atoms with van der Waals surface area (Å²) in [7, 11) is -3.48. The second kappa shape index (κ2) is 5.17. The van der Waals surface area contributed by atoms with E-state index >= 15 is 0 Å². The molecule has 0 atom stereocenters. The fourth-order valence-corrected chi connectivity index (χ4v) is 4.06. The molecule has 0 spiro atoms. The van der Waals surface area contributed by atoms with Crippen LogP contribution in [0.15, 0.2) is 39.9 Å². The summed E-state index contributed by atoms with van der Waals surface area (Å²) in [6, 6.07) is 7.82. The van der Waals surface area contributed by atoms with E-state index in [-0.39, 0.29) is 22.1 Å². The SMILES string of the molecule is NCc1cccc(CS(=O)(=O)c2cccs2)c1F. The molecule has 96 valence electrons. The van der Waals surface area contributed by atoms with Crippen LogP contribution in [0.25, 0.3) is 0 Å². The van der Waals surface area contributed by atoms with E-state index in [1.807, 2.05) is 0 Å². The molecule has 2 N–H and O–H groups in total. The summed E-state index contributed by atoms with van der Waals surface area (Å²) in [5, 5.41) is 1.68. The fourth-order valence-electron chi connectivity index (χ4n) is 1.62. The minimum Gasteiger partial charge on any atom is -0.326 e. The van der Waals surface area contributed by atoms with Gasteiger partial charge in [0.25, 0.3) is 0 Å². The zero-order valence-corrected chi connectivity index (χ0v) is 11.1. The van der Waals surface area contributed by atoms with Crippen LogP contribution in [0.2, 0.25) is 0 Å². The summed E-state index contributed by atoms with van der Waals surface area (Å²) in [5.41, 5.74) is 5.88. The summed E-state index contributed by atoms with van der Waals surface area (Å²) in [6.07, 6.45) is 0. The molecular formula is C12H12FNO2S2. The normalized spacial score (nSPS) is 11.7. The van der Waals surface area contributed by atoms with Crippen LogP contribution < -0.4 is 5.73 Å². The zero-order chi connectivity index (χ0) is 13.2. The maximum absolute atomic E-state index is 13.9. The van der Waals surface area contributed by atoms with Gasteiger partial charge in [0.05, 0.1) is 5.75 Å². The molecule has 0 radical (unpaired) electrons. The third kappa shape index (κ3) is 2.60. The summed E-state index contributed by atoms with van der Waals surface area (Å²) >= 11 is 1.13. The van der Waals surface area contributed by atoms with Gasteiger partial charge in [0.2, 0.25) is 0 Å². The van der Waals surface area contributed by atoms with Gasteiger partial charge < -0.3 is 5.73 Å². The minimum atomic E-state index is -3.48. The van der Waals surface area contributed by atoms with E-state index in [0.717, 1.165) is 11.3 Å². The predicted molar refractivity (Wildman–Crippen MR) is 69.5 cm³/mol. The highest BCUT2D eigenvalue weighted by Gasteiger charge is 2.19. The third-order valence-corrected chi connectivity index (χ3v) is 5.68. The Morgan fingerprint density at radius 2 is 1.89 bits per heavy atom. The standard InChI is InChI=1S/C12H12FNO2S2/c13-12-9(7-14)3-1-4-10(12)8-18(15,16)11-5-2-6-17-11/h1-6H,7-8,14H2. The first-order valence-corrected chi connectivity index (χ1v) is 7.80. The van der Waals surface area contributed by atoms with Gasteiger partial charge in [-0.3, -0.25) is 0 Å². The number of hydrogen-bond donors (Lipinski definition) is 1. The van der Waals surface area contributed by atoms with Crippen molar-refractivity contribution in [2.45, 2.75) is 16.5 Å². The molecule has 1 aromatic heterocycles. The second-order valence-corrected chi connectivity index (χ2v) is 6.95. The van der Waals surface area contributed by atoms with Gasteiger partial charge in [0.1, 0.15) is 10.0 Å². The zero-order valence-electron chi connectivity index (χ0n) is 9.47. The molecule has 2 rings (SSSR count). The maximum atomic E-state index is 13.9. The number of thiophene rings is 1. The van der Waals surface area contributed by atoms with Crippen LogP contribution in [0.5, 0.6) is 0 Å². The van der Waals surface area contributed by atoms with E-state index in [9.17, 15) is 12.8 Å². The lowest BCUT2D eigenvalue weighted by molar-refractivity contribution is 0.583. The number of hydrogen-bond acceptors (Lipinski definition) is 4. The van der Waals surface area contributed by atoms with E-state index in [4.69, 9.17) is 5.73 Å². The van der Waals surface area contributed by atoms with Crippen LogP contribution >= 0.6 is 11.3 Å². The van der Waals surface area contributed by atoms with E-state index in [1.165, 1.54) is 12.1 Å². The number of sulfone groups is 1. The number of benzene rings is 1. The van der Waals surface area contributed by atoms with Gasteiger partial charge in [0, 0.05) is 17.7 Å². The van der Waals surface area contributed by atoms with Gasteiger partial charge in [-0.25, -0.2) is 12.8 Å². The molecule has 0 aliphatic heterocycles. The Bertz CT molecular complexity index is 636. The van der Waals surface area contributed by atoms with Gasteiger partial charge >= 0.3 is 0 Å². The Morgan fingerprint density at radius 3 is 2.50 bits per heavy atom. The molecule has 1 heterocycles. The summed E-state index contributed by atoms with van der Waals surface area (Å²) < 4.78 is 38.2. The van der Waals surface area contributed by atoms with Gasteiger partial charge in [-0.15, -0.1) is 11.3 Å². The molecule has 0 aliphatic carbocycles. The largest absolute Gasteiger partial charge is 0.326 e. The maximum Gasteiger partial charge on any atom is 0.191 e. The Kier molecular flexibility index (Phi) is 3.79. The average Bonchev–Trinajstić information content (AvgIpc) is 2.86. The van der Waals surface area contributed by atoms with Crippen molar-refractivity contribution in [1.29, 1.82) is 0 Å². The van der Waals surface area contributed by atoms with Crippen LogP contribution in [0.4, 0.5) is 4.39 Å². The van der Waals surface area contributed by atoms with Crippen LogP contribution in [-0.2, 0) is 22.1 Å². The Balaban J connectivity index is 2.36. The van der Waals surface area contributed by atoms with Crippen LogP contribution in [0, 0.1) is 5.82 Å². The topological polar surface area (TPSA) is 60.2 Å². The molecule has 2 aromatic rings. The highest BCUT2D eigenvalue weighted by atomic mass is 32.2. The van der Waals surface area contributed by atoms with Gasteiger partial charge in [-0.1, -0.05) is 24.3 Å². The number of rotatable bonds is 4. The van der Waals surface area contributed by atoms with Crippen molar-refractivity contribution in [3.05, 3.63) is 52.7 Å². The molecule has 1 aromatic carbocycles. The van der Waals surface area contributed by atoms with Crippen molar-refractivity contribution in [1.82, 2.24) is 0 Å². The molecule has 0 saturated carbocycles. The monoisotopic (exact) mass is 285 g/mol. The lowest BCUT2D eigenvalue weighted by Gasteiger charge is -2.06. The quantitative estimate of drug-likeness (QED) is 0.937. The van der Waals surface area contributed by atoms with Crippen molar-refractivity contribution in [2.24, 2.45) is 5.73 Å². The Hall–Kier alpha value is -1.24. The van der Waals surface area contributed by atoms with E-state index in [2.05, 4.69) is 0 Å². The number of halogens is 1. The molecule has 0 fully saturated rings. The van der Waals surface area contributed by atoms with E-state index in [1.54, 1.807) is 23.6 Å². The summed E-state index contributed by atoms with van der Waals surface area (Å²) in [6.45, 7) is 0.0543. The first-order chi connectivity index (χ1) is 8.54. The Morgan fingerprint density at radius 1 is 1.17 bits per heavy atom. The van der Waals surface area contributed by atoms with Gasteiger partial charge in [-0.2, -0.15) is 0 Å². The average molecular weight is 285 g/mol. The second-order valence-electron chi connectivity index (χ2n) is 3.79. The fraction of sp³-hybridized carbons (Fsp3) is 0.167. The van der Waals surface area contributed by atoms with Crippen LogP contribution in [-0.4, -0.2) is 8.42 Å². The number of nitrogens with two attached hydrogens (primary N) is 1. The smallest absolute Gasteiger partial charge is 0.191 e. The first kappa shape index (κ1) is 13.2. The molecule has 0 saturated heterocycles. The van der Waals surface area contributed by atoms with Gasteiger partial charge in [0.15, 0.2) is 9.84 Å². The van der Waals surface area contributed by atoms with Crippen molar-refractivity contribution >= 4 is 21.2 Å². The van der Waals surface area contributed by atoms with Crippen molar-refractivity contribution in [3.8, 4) is 0 Å². The highest BCUT2D eigenvalue weighted by molar-refractivity contribution is 7.92. The van der Waals surface area contributed by atoms with Crippen molar-refractivity contribution in [3.63, 3.8) is 0 Å².